The Kier molecular flexibility index (Phi) is 5.19. The van der Waals surface area contributed by atoms with E-state index in [0.717, 1.165) is 28.9 Å². The van der Waals surface area contributed by atoms with Crippen LogP contribution in [0.1, 0.15) is 47.8 Å². The van der Waals surface area contributed by atoms with Gasteiger partial charge in [0.15, 0.2) is 0 Å². The predicted molar refractivity (Wildman–Crippen MR) is 115 cm³/mol. The molecule has 4 rings (SSSR count). The van der Waals surface area contributed by atoms with E-state index in [4.69, 9.17) is 9.47 Å². The molecule has 2 aromatic carbocycles. The molecule has 30 heavy (non-hydrogen) atoms. The molecule has 1 atom stereocenters. The number of nitriles is 1. The second kappa shape index (κ2) is 7.81. The van der Waals surface area contributed by atoms with Gasteiger partial charge >= 0.3 is 0 Å². The van der Waals surface area contributed by atoms with Gasteiger partial charge in [-0.3, -0.25) is 4.79 Å². The molecule has 1 aliphatic rings. The lowest BCUT2D eigenvalue weighted by atomic mass is 9.85. The van der Waals surface area contributed by atoms with E-state index in [1.807, 2.05) is 68.4 Å². The fraction of sp³-hybridized carbons (Fsp3) is 0.280. The monoisotopic (exact) mass is 400 g/mol. The molecule has 0 spiro atoms. The summed E-state index contributed by atoms with van der Waals surface area (Å²) in [4.78, 5) is 13.4. The normalized spacial score (nSPS) is 17.1. The van der Waals surface area contributed by atoms with E-state index in [-0.39, 0.29) is 5.56 Å². The van der Waals surface area contributed by atoms with Gasteiger partial charge in [0, 0.05) is 12.6 Å². The Hall–Kier alpha value is -3.36. The van der Waals surface area contributed by atoms with Gasteiger partial charge in [-0.25, -0.2) is 0 Å². The Bertz CT molecular complexity index is 1170. The topological polar surface area (TPSA) is 64.2 Å². The second-order valence-corrected chi connectivity index (χ2v) is 8.20. The molecular formula is C25H24N2O3. The Balaban J connectivity index is 1.75. The average Bonchev–Trinajstić information content (AvgIpc) is 2.74. The summed E-state index contributed by atoms with van der Waals surface area (Å²) in [5.74, 6) is 0.780. The van der Waals surface area contributed by atoms with Crippen molar-refractivity contribution < 1.29 is 9.47 Å². The number of methoxy groups -OCH3 is 1. The number of pyridine rings is 1. The van der Waals surface area contributed by atoms with Crippen molar-refractivity contribution in [2.75, 3.05) is 7.11 Å². The highest BCUT2D eigenvalue weighted by atomic mass is 16.5. The van der Waals surface area contributed by atoms with Crippen LogP contribution in [0.5, 0.6) is 5.75 Å². The first-order valence-corrected chi connectivity index (χ1v) is 9.93. The number of hydrogen-bond donors (Lipinski definition) is 0. The molecular weight excluding hydrogens is 376 g/mol. The van der Waals surface area contributed by atoms with E-state index < -0.39 is 11.7 Å². The summed E-state index contributed by atoms with van der Waals surface area (Å²) >= 11 is 0. The first-order valence-electron chi connectivity index (χ1n) is 9.93. The van der Waals surface area contributed by atoms with Gasteiger partial charge in [-0.2, -0.15) is 5.26 Å². The molecule has 2 heterocycles. The van der Waals surface area contributed by atoms with Crippen LogP contribution in [-0.2, 0) is 17.7 Å². The number of nitrogens with zero attached hydrogens (tertiary/aromatic N) is 2. The minimum Gasteiger partial charge on any atom is -0.497 e. The van der Waals surface area contributed by atoms with Gasteiger partial charge in [-0.15, -0.1) is 0 Å². The van der Waals surface area contributed by atoms with Crippen molar-refractivity contribution >= 4 is 0 Å². The summed E-state index contributed by atoms with van der Waals surface area (Å²) in [5.41, 5.74) is 3.66. The van der Waals surface area contributed by atoms with Crippen LogP contribution in [0.2, 0.25) is 0 Å². The molecule has 0 fully saturated rings. The van der Waals surface area contributed by atoms with Crippen LogP contribution in [0.25, 0.3) is 0 Å². The number of fused-ring (bicyclic) bond motifs is 1. The van der Waals surface area contributed by atoms with Crippen molar-refractivity contribution in [3.05, 3.63) is 99.0 Å². The largest absolute Gasteiger partial charge is 0.497 e. The van der Waals surface area contributed by atoms with E-state index in [1.54, 1.807) is 17.9 Å². The molecule has 1 aliphatic heterocycles. The van der Waals surface area contributed by atoms with E-state index in [2.05, 4.69) is 6.07 Å². The van der Waals surface area contributed by atoms with Gasteiger partial charge < -0.3 is 14.0 Å². The molecule has 1 aromatic heterocycles. The van der Waals surface area contributed by atoms with E-state index >= 15 is 0 Å². The zero-order valence-electron chi connectivity index (χ0n) is 17.4. The van der Waals surface area contributed by atoms with E-state index in [0.29, 0.717) is 17.7 Å². The molecule has 0 bridgehead atoms. The Morgan fingerprint density at radius 1 is 1.17 bits per heavy atom. The highest BCUT2D eigenvalue weighted by Crippen LogP contribution is 2.39. The minimum absolute atomic E-state index is 0.0932. The molecule has 3 aromatic rings. The summed E-state index contributed by atoms with van der Waals surface area (Å²) in [5, 5.41) is 9.33. The molecule has 5 nitrogen and oxygen atoms in total. The lowest BCUT2D eigenvalue weighted by Gasteiger charge is -2.37. The van der Waals surface area contributed by atoms with Gasteiger partial charge in [0.05, 0.1) is 36.5 Å². The van der Waals surface area contributed by atoms with Gasteiger partial charge in [-0.1, -0.05) is 18.2 Å². The standard InChI is InChI=1S/C25H24N2O3/c1-25(2)14-19-9-6-18(15-26)13-22(19)23(30-25)21-5-4-12-27(24(21)28)16-17-7-10-20(29-3)11-8-17/h4-13,23H,14,16H2,1-3H3. The zero-order chi connectivity index (χ0) is 21.3. The maximum atomic E-state index is 13.4. The molecule has 1 unspecified atom stereocenters. The fourth-order valence-electron chi connectivity index (χ4n) is 3.99. The molecule has 0 aliphatic carbocycles. The lowest BCUT2D eigenvalue weighted by molar-refractivity contribution is -0.0675. The fourth-order valence-corrected chi connectivity index (χ4v) is 3.99. The summed E-state index contributed by atoms with van der Waals surface area (Å²) in [7, 11) is 1.63. The molecule has 0 saturated heterocycles. The summed E-state index contributed by atoms with van der Waals surface area (Å²) < 4.78 is 13.3. The first-order chi connectivity index (χ1) is 14.4. The van der Waals surface area contributed by atoms with Gasteiger partial charge in [0.1, 0.15) is 11.9 Å². The Labute approximate surface area is 176 Å². The molecule has 0 N–H and O–H groups in total. The predicted octanol–water partition coefficient (Wildman–Crippen LogP) is 4.22. The Morgan fingerprint density at radius 3 is 2.63 bits per heavy atom. The van der Waals surface area contributed by atoms with E-state index in [1.165, 1.54) is 0 Å². The third-order valence-electron chi connectivity index (χ3n) is 5.45. The van der Waals surface area contributed by atoms with Crippen molar-refractivity contribution in [1.29, 1.82) is 5.26 Å². The van der Waals surface area contributed by atoms with Crippen molar-refractivity contribution in [3.63, 3.8) is 0 Å². The quantitative estimate of drug-likeness (QED) is 0.658. The maximum Gasteiger partial charge on any atom is 0.257 e. The zero-order valence-corrected chi connectivity index (χ0v) is 17.4. The average molecular weight is 400 g/mol. The van der Waals surface area contributed by atoms with Crippen LogP contribution >= 0.6 is 0 Å². The van der Waals surface area contributed by atoms with Crippen LogP contribution in [-0.4, -0.2) is 17.3 Å². The smallest absolute Gasteiger partial charge is 0.257 e. The number of aromatic nitrogens is 1. The molecule has 0 amide bonds. The van der Waals surface area contributed by atoms with Crippen LogP contribution < -0.4 is 10.3 Å². The van der Waals surface area contributed by atoms with Crippen molar-refractivity contribution in [2.45, 2.75) is 38.5 Å². The number of rotatable bonds is 4. The SMILES string of the molecule is COc1ccc(Cn2cccc(C3OC(C)(C)Cc4ccc(C#N)cc43)c2=O)cc1. The summed E-state index contributed by atoms with van der Waals surface area (Å²) in [6, 6.07) is 19.2. The van der Waals surface area contributed by atoms with E-state index in [9.17, 15) is 10.1 Å². The van der Waals surface area contributed by atoms with Crippen molar-refractivity contribution in [2.24, 2.45) is 0 Å². The Morgan fingerprint density at radius 2 is 1.93 bits per heavy atom. The minimum atomic E-state index is -0.507. The van der Waals surface area contributed by atoms with Crippen LogP contribution in [0.15, 0.2) is 65.6 Å². The molecule has 152 valence electrons. The third-order valence-corrected chi connectivity index (χ3v) is 5.45. The van der Waals surface area contributed by atoms with Gasteiger partial charge in [0.25, 0.3) is 5.56 Å². The number of hydrogen-bond acceptors (Lipinski definition) is 4. The third kappa shape index (κ3) is 3.87. The van der Waals surface area contributed by atoms with Gasteiger partial charge in [-0.05, 0) is 66.9 Å². The van der Waals surface area contributed by atoms with Crippen molar-refractivity contribution in [3.8, 4) is 11.8 Å². The molecule has 0 radical (unpaired) electrons. The summed E-state index contributed by atoms with van der Waals surface area (Å²) in [6.45, 7) is 4.51. The molecule has 0 saturated carbocycles. The highest BCUT2D eigenvalue weighted by Gasteiger charge is 2.35. The maximum absolute atomic E-state index is 13.4. The van der Waals surface area contributed by atoms with Crippen molar-refractivity contribution in [1.82, 2.24) is 4.57 Å². The summed E-state index contributed by atoms with van der Waals surface area (Å²) in [6.07, 6.45) is 2.02. The van der Waals surface area contributed by atoms with Crippen LogP contribution in [0, 0.1) is 11.3 Å². The number of benzene rings is 2. The van der Waals surface area contributed by atoms with Crippen LogP contribution in [0.4, 0.5) is 0 Å². The number of ether oxygens (including phenoxy) is 2. The lowest BCUT2D eigenvalue weighted by Crippen LogP contribution is -2.37. The first kappa shape index (κ1) is 19.9. The van der Waals surface area contributed by atoms with Gasteiger partial charge in [0.2, 0.25) is 0 Å². The highest BCUT2D eigenvalue weighted by molar-refractivity contribution is 5.44. The van der Waals surface area contributed by atoms with Crippen LogP contribution in [0.3, 0.4) is 0 Å². The molecule has 5 heteroatoms. The second-order valence-electron chi connectivity index (χ2n) is 8.20.